The molecule has 0 aromatic carbocycles. The molecule has 0 aromatic rings. The van der Waals surface area contributed by atoms with Crippen molar-refractivity contribution in [3.05, 3.63) is 0 Å². The fourth-order valence-corrected chi connectivity index (χ4v) is 3.39. The van der Waals surface area contributed by atoms with Crippen LogP contribution in [0.5, 0.6) is 0 Å². The zero-order valence-corrected chi connectivity index (χ0v) is 15.9. The van der Waals surface area contributed by atoms with E-state index in [4.69, 9.17) is 4.74 Å². The molecule has 140 valence electrons. The van der Waals surface area contributed by atoms with Gasteiger partial charge in [-0.1, -0.05) is 0 Å². The van der Waals surface area contributed by atoms with Gasteiger partial charge in [-0.25, -0.2) is 17.9 Å². The Labute approximate surface area is 145 Å². The Hall–Kier alpha value is -1.15. The molecule has 1 aliphatic carbocycles. The normalized spacial score (nSPS) is 22.0. The number of nitrogens with one attached hydrogen (secondary N) is 1. The van der Waals surface area contributed by atoms with Crippen LogP contribution in [0.15, 0.2) is 0 Å². The highest BCUT2D eigenvalue weighted by Crippen LogP contribution is 2.29. The number of hydrogen-bond acceptors (Lipinski definition) is 5. The average molecular weight is 362 g/mol. The second-order valence-electron chi connectivity index (χ2n) is 7.42. The molecule has 0 aromatic heterocycles. The number of amides is 1. The predicted octanol–water partition coefficient (Wildman–Crippen LogP) is 1.92. The Bertz CT molecular complexity index is 519. The second kappa shape index (κ2) is 8.80. The molecule has 1 N–H and O–H groups in total. The monoisotopic (exact) mass is 362 g/mol. The van der Waals surface area contributed by atoms with Gasteiger partial charge in [-0.15, -0.1) is 0 Å². The summed E-state index contributed by atoms with van der Waals surface area (Å²) in [5.74, 6) is 0.383. The highest BCUT2D eigenvalue weighted by molar-refractivity contribution is 7.88. The van der Waals surface area contributed by atoms with Gasteiger partial charge in [-0.3, -0.25) is 0 Å². The number of nitrogens with zero attached hydrogens (tertiary/aromatic N) is 1. The fourth-order valence-electron chi connectivity index (χ4n) is 2.92. The molecular weight excluding hydrogens is 332 g/mol. The van der Waals surface area contributed by atoms with Gasteiger partial charge in [0.05, 0.1) is 6.26 Å². The molecule has 0 bridgehead atoms. The highest BCUT2D eigenvalue weighted by Gasteiger charge is 2.31. The van der Waals surface area contributed by atoms with E-state index in [0.717, 1.165) is 38.2 Å². The largest absolute Gasteiger partial charge is 0.444 e. The molecule has 0 heterocycles. The number of hydrogen-bond donors (Lipinski definition) is 1. The molecule has 24 heavy (non-hydrogen) atoms. The van der Waals surface area contributed by atoms with Crippen molar-refractivity contribution in [1.29, 1.82) is 0 Å². The van der Waals surface area contributed by atoms with Crippen molar-refractivity contribution >= 4 is 22.4 Å². The van der Waals surface area contributed by atoms with Gasteiger partial charge in [0.25, 0.3) is 0 Å². The van der Waals surface area contributed by atoms with Gasteiger partial charge in [0.15, 0.2) is 0 Å². The number of carbonyl (C=O) groups excluding carboxylic acids is 2. The average Bonchev–Trinajstić information content (AvgIpc) is 2.42. The van der Waals surface area contributed by atoms with E-state index in [-0.39, 0.29) is 19.1 Å². The summed E-state index contributed by atoms with van der Waals surface area (Å²) < 4.78 is 30.3. The van der Waals surface area contributed by atoms with Gasteiger partial charge >= 0.3 is 6.09 Å². The summed E-state index contributed by atoms with van der Waals surface area (Å²) in [6, 6.07) is 0.0177. The third-order valence-corrected chi connectivity index (χ3v) is 4.76. The minimum atomic E-state index is -3.30. The lowest BCUT2D eigenvalue weighted by Crippen LogP contribution is -2.48. The van der Waals surface area contributed by atoms with Crippen LogP contribution in [0, 0.1) is 5.92 Å². The maximum absolute atomic E-state index is 12.5. The van der Waals surface area contributed by atoms with Crippen LogP contribution in [0.25, 0.3) is 0 Å². The molecule has 1 amide bonds. The molecule has 8 heteroatoms. The van der Waals surface area contributed by atoms with Gasteiger partial charge in [-0.05, 0) is 52.4 Å². The Balaban J connectivity index is 2.70. The van der Waals surface area contributed by atoms with Crippen molar-refractivity contribution in [2.45, 2.75) is 64.5 Å². The Morgan fingerprint density at radius 2 is 1.83 bits per heavy atom. The zero-order chi connectivity index (χ0) is 18.4. The van der Waals surface area contributed by atoms with E-state index >= 15 is 0 Å². The molecule has 0 radical (unpaired) electrons. The summed E-state index contributed by atoms with van der Waals surface area (Å²) in [4.78, 5) is 24.8. The van der Waals surface area contributed by atoms with Gasteiger partial charge in [0, 0.05) is 25.6 Å². The number of carbonyl (C=O) groups is 2. The van der Waals surface area contributed by atoms with Crippen LogP contribution >= 0.6 is 0 Å². The first kappa shape index (κ1) is 20.9. The third-order valence-electron chi connectivity index (χ3n) is 4.03. The van der Waals surface area contributed by atoms with Crippen molar-refractivity contribution in [2.24, 2.45) is 5.92 Å². The number of ether oxygens (including phenoxy) is 1. The van der Waals surface area contributed by atoms with Crippen LogP contribution in [-0.4, -0.2) is 56.7 Å². The smallest absolute Gasteiger partial charge is 0.410 e. The second-order valence-corrected chi connectivity index (χ2v) is 9.25. The summed E-state index contributed by atoms with van der Waals surface area (Å²) >= 11 is 0. The van der Waals surface area contributed by atoms with E-state index in [1.165, 1.54) is 0 Å². The van der Waals surface area contributed by atoms with Crippen LogP contribution in [0.2, 0.25) is 0 Å². The lowest BCUT2D eigenvalue weighted by atomic mass is 9.84. The Kier molecular flexibility index (Phi) is 7.66. The molecule has 0 aliphatic heterocycles. The number of aldehydes is 1. The molecule has 1 fully saturated rings. The Morgan fingerprint density at radius 1 is 1.25 bits per heavy atom. The maximum Gasteiger partial charge on any atom is 0.410 e. The van der Waals surface area contributed by atoms with Crippen LogP contribution in [0.1, 0.15) is 52.9 Å². The zero-order valence-electron chi connectivity index (χ0n) is 15.1. The molecular formula is C16H30N2O5S. The van der Waals surface area contributed by atoms with E-state index in [1.807, 2.05) is 0 Å². The highest BCUT2D eigenvalue weighted by atomic mass is 32.2. The quantitative estimate of drug-likeness (QED) is 0.699. The van der Waals surface area contributed by atoms with Crippen LogP contribution in [0.3, 0.4) is 0 Å². The molecule has 1 saturated carbocycles. The van der Waals surface area contributed by atoms with Crippen LogP contribution in [-0.2, 0) is 19.6 Å². The minimum absolute atomic E-state index is 0.0177. The summed E-state index contributed by atoms with van der Waals surface area (Å²) in [7, 11) is -3.30. The Morgan fingerprint density at radius 3 is 2.29 bits per heavy atom. The third kappa shape index (κ3) is 8.10. The number of sulfonamides is 1. The van der Waals surface area contributed by atoms with Crippen LogP contribution in [0.4, 0.5) is 4.79 Å². The van der Waals surface area contributed by atoms with E-state index in [9.17, 15) is 18.0 Å². The summed E-state index contributed by atoms with van der Waals surface area (Å²) in [5, 5.41) is 0. The summed E-state index contributed by atoms with van der Waals surface area (Å²) in [6.45, 7) is 5.84. The molecule has 1 rings (SSSR count). The van der Waals surface area contributed by atoms with Crippen molar-refractivity contribution in [3.8, 4) is 0 Å². The maximum atomic E-state index is 12.5. The summed E-state index contributed by atoms with van der Waals surface area (Å²) in [6.07, 6.45) is 5.57. The lowest BCUT2D eigenvalue weighted by Gasteiger charge is -2.37. The van der Waals surface area contributed by atoms with Crippen molar-refractivity contribution in [3.63, 3.8) is 0 Å². The van der Waals surface area contributed by atoms with Gasteiger partial charge < -0.3 is 14.4 Å². The standard InChI is InChI=1S/C16H30N2O5S/c1-16(2,3)23-15(20)18(11-10-17-24(4,21)22)14-7-5-13(6-8-14)9-12-19/h12-14,17H,5-11H2,1-4H3. The van der Waals surface area contributed by atoms with Crippen molar-refractivity contribution in [1.82, 2.24) is 9.62 Å². The van der Waals surface area contributed by atoms with Crippen molar-refractivity contribution < 1.29 is 22.7 Å². The van der Waals surface area contributed by atoms with E-state index in [2.05, 4.69) is 4.72 Å². The van der Waals surface area contributed by atoms with E-state index < -0.39 is 21.7 Å². The molecule has 0 atom stereocenters. The lowest BCUT2D eigenvalue weighted by molar-refractivity contribution is -0.108. The van der Waals surface area contributed by atoms with E-state index in [0.29, 0.717) is 12.3 Å². The molecule has 0 unspecified atom stereocenters. The van der Waals surface area contributed by atoms with Crippen molar-refractivity contribution in [2.75, 3.05) is 19.3 Å². The molecule has 0 saturated heterocycles. The predicted molar refractivity (Wildman–Crippen MR) is 92.2 cm³/mol. The minimum Gasteiger partial charge on any atom is -0.444 e. The first-order chi connectivity index (χ1) is 11.0. The first-order valence-electron chi connectivity index (χ1n) is 8.39. The summed E-state index contributed by atoms with van der Waals surface area (Å²) in [5.41, 5.74) is -0.603. The van der Waals surface area contributed by atoms with Crippen LogP contribution < -0.4 is 4.72 Å². The van der Waals surface area contributed by atoms with Gasteiger partial charge in [-0.2, -0.15) is 0 Å². The van der Waals surface area contributed by atoms with E-state index in [1.54, 1.807) is 25.7 Å². The topological polar surface area (TPSA) is 92.8 Å². The first-order valence-corrected chi connectivity index (χ1v) is 10.3. The molecule has 7 nitrogen and oxygen atoms in total. The fraction of sp³-hybridized carbons (Fsp3) is 0.875. The molecule has 0 spiro atoms. The van der Waals surface area contributed by atoms with Gasteiger partial charge in [0.2, 0.25) is 10.0 Å². The SMILES string of the molecule is CC(C)(C)OC(=O)N(CCNS(C)(=O)=O)C1CCC(CC=O)CC1. The molecule has 1 aliphatic rings. The van der Waals surface area contributed by atoms with Gasteiger partial charge in [0.1, 0.15) is 11.9 Å². The number of rotatable bonds is 7.